The van der Waals surface area contributed by atoms with Crippen molar-refractivity contribution in [1.29, 1.82) is 0 Å². The molecule has 0 radical (unpaired) electrons. The number of aryl methyl sites for hydroxylation is 1. The van der Waals surface area contributed by atoms with Gasteiger partial charge < -0.3 is 30.6 Å². The third-order valence-corrected chi connectivity index (χ3v) is 3.96. The quantitative estimate of drug-likeness (QED) is 0.459. The first kappa shape index (κ1) is 17.5. The van der Waals surface area contributed by atoms with E-state index >= 15 is 0 Å². The van der Waals surface area contributed by atoms with Crippen LogP contribution >= 0.6 is 0 Å². The van der Waals surface area contributed by atoms with E-state index in [1.807, 2.05) is 13.0 Å². The zero-order chi connectivity index (χ0) is 17.1. The minimum Gasteiger partial charge on any atom is -0.507 e. The maximum absolute atomic E-state index is 10.1. The molecule has 0 aromatic heterocycles. The van der Waals surface area contributed by atoms with E-state index in [0.29, 0.717) is 16.3 Å². The van der Waals surface area contributed by atoms with Crippen molar-refractivity contribution in [2.24, 2.45) is 0 Å². The summed E-state index contributed by atoms with van der Waals surface area (Å²) in [7, 11) is 0. The fraction of sp³-hybridized carbons (Fsp3) is 0.412. The monoisotopic (exact) mass is 322 g/mol. The van der Waals surface area contributed by atoms with Crippen LogP contribution in [0.3, 0.4) is 0 Å². The number of hydrogen-bond acceptors (Lipinski definition) is 6. The van der Waals surface area contributed by atoms with Crippen LogP contribution < -0.4 is 0 Å². The van der Waals surface area contributed by atoms with Crippen molar-refractivity contribution in [3.63, 3.8) is 0 Å². The molecule has 0 aliphatic heterocycles. The van der Waals surface area contributed by atoms with E-state index in [1.165, 1.54) is 6.07 Å². The van der Waals surface area contributed by atoms with Crippen LogP contribution in [0.1, 0.15) is 18.1 Å². The van der Waals surface area contributed by atoms with Crippen LogP contribution in [0.4, 0.5) is 0 Å². The lowest BCUT2D eigenvalue weighted by atomic mass is 9.96. The number of aromatic hydroxyl groups is 2. The number of aliphatic hydroxyl groups excluding tert-OH is 4. The highest BCUT2D eigenvalue weighted by Crippen LogP contribution is 2.35. The number of fused-ring (bicyclic) bond motifs is 1. The molecule has 2 aromatic carbocycles. The van der Waals surface area contributed by atoms with Crippen LogP contribution in [0.2, 0.25) is 0 Å². The first-order valence-electron chi connectivity index (χ1n) is 7.49. The molecule has 0 fully saturated rings. The summed E-state index contributed by atoms with van der Waals surface area (Å²) in [6.45, 7) is 1.29. The molecule has 0 saturated heterocycles. The van der Waals surface area contributed by atoms with Gasteiger partial charge in [0.25, 0.3) is 0 Å². The highest BCUT2D eigenvalue weighted by Gasteiger charge is 2.24. The van der Waals surface area contributed by atoms with E-state index in [4.69, 9.17) is 5.11 Å². The number of phenols is 2. The molecule has 0 aliphatic carbocycles. The lowest BCUT2D eigenvalue weighted by Gasteiger charge is -2.21. The average molecular weight is 322 g/mol. The predicted octanol–water partition coefficient (Wildman–Crippen LogP) is 0.431. The van der Waals surface area contributed by atoms with E-state index < -0.39 is 24.9 Å². The molecule has 0 saturated carbocycles. The van der Waals surface area contributed by atoms with Crippen molar-refractivity contribution in [2.75, 3.05) is 6.61 Å². The number of phenolic OH excluding ortho intramolecular Hbond substituents is 2. The Morgan fingerprint density at radius 1 is 0.870 bits per heavy atom. The van der Waals surface area contributed by atoms with Crippen LogP contribution in [0.15, 0.2) is 24.3 Å². The molecule has 3 atom stereocenters. The van der Waals surface area contributed by atoms with Crippen LogP contribution in [-0.2, 0) is 12.8 Å². The normalized spacial score (nSPS) is 15.5. The molecule has 6 heteroatoms. The fourth-order valence-corrected chi connectivity index (χ4v) is 2.64. The Kier molecular flexibility index (Phi) is 5.43. The first-order chi connectivity index (χ1) is 10.9. The van der Waals surface area contributed by atoms with Crippen molar-refractivity contribution in [3.8, 4) is 11.5 Å². The van der Waals surface area contributed by atoms with Crippen LogP contribution in [-0.4, -0.2) is 55.6 Å². The Hall–Kier alpha value is -1.86. The highest BCUT2D eigenvalue weighted by atomic mass is 16.4. The molecule has 0 amide bonds. The predicted molar refractivity (Wildman–Crippen MR) is 85.5 cm³/mol. The lowest BCUT2D eigenvalue weighted by Crippen LogP contribution is -2.40. The Balaban J connectivity index is 2.35. The number of benzene rings is 2. The highest BCUT2D eigenvalue weighted by molar-refractivity contribution is 5.94. The van der Waals surface area contributed by atoms with Crippen LogP contribution in [0.25, 0.3) is 10.8 Å². The van der Waals surface area contributed by atoms with Gasteiger partial charge in [0, 0.05) is 6.42 Å². The molecule has 0 aliphatic rings. The van der Waals surface area contributed by atoms with Crippen molar-refractivity contribution in [2.45, 2.75) is 38.1 Å². The van der Waals surface area contributed by atoms with Gasteiger partial charge in [0.1, 0.15) is 23.7 Å². The summed E-state index contributed by atoms with van der Waals surface area (Å²) in [5, 5.41) is 58.9. The molecule has 3 unspecified atom stereocenters. The van der Waals surface area contributed by atoms with Gasteiger partial charge in [0.2, 0.25) is 0 Å². The largest absolute Gasteiger partial charge is 0.507 e. The van der Waals surface area contributed by atoms with Gasteiger partial charge in [-0.15, -0.1) is 0 Å². The summed E-state index contributed by atoms with van der Waals surface area (Å²) in [5.41, 5.74) is 1.45. The van der Waals surface area contributed by atoms with Crippen molar-refractivity contribution >= 4 is 10.8 Å². The maximum atomic E-state index is 10.1. The van der Waals surface area contributed by atoms with Gasteiger partial charge in [0.15, 0.2) is 0 Å². The first-order valence-corrected chi connectivity index (χ1v) is 7.49. The minimum atomic E-state index is -1.49. The Morgan fingerprint density at radius 3 is 2.00 bits per heavy atom. The van der Waals surface area contributed by atoms with Crippen molar-refractivity contribution in [1.82, 2.24) is 0 Å². The standard InChI is InChI=1S/C17H22O6/c1-2-9-3-11-4-10(6-13(20)16(11)12(19)5-9)7-14(21)17(23)15(22)8-18/h3-6,14-15,17-23H,2,7-8H2,1H3. The Bertz CT molecular complexity index is 684. The van der Waals surface area contributed by atoms with Crippen molar-refractivity contribution in [3.05, 3.63) is 35.4 Å². The summed E-state index contributed by atoms with van der Waals surface area (Å²) >= 11 is 0. The second-order valence-electron chi connectivity index (χ2n) is 5.69. The number of hydrogen-bond donors (Lipinski definition) is 6. The van der Waals surface area contributed by atoms with E-state index in [1.54, 1.807) is 12.1 Å². The average Bonchev–Trinajstić information content (AvgIpc) is 2.52. The SMILES string of the molecule is CCc1cc(O)c2c(O)cc(CC(O)C(O)C(O)CO)cc2c1. The van der Waals surface area contributed by atoms with E-state index in [-0.39, 0.29) is 17.9 Å². The molecule has 0 bridgehead atoms. The van der Waals surface area contributed by atoms with Gasteiger partial charge in [-0.1, -0.05) is 19.1 Å². The Labute approximate surface area is 133 Å². The van der Waals surface area contributed by atoms with E-state index in [0.717, 1.165) is 12.0 Å². The summed E-state index contributed by atoms with van der Waals surface area (Å²) in [5.74, 6) is -0.137. The molecular formula is C17H22O6. The summed E-state index contributed by atoms with van der Waals surface area (Å²) < 4.78 is 0. The third-order valence-electron chi connectivity index (χ3n) is 3.96. The van der Waals surface area contributed by atoms with Crippen LogP contribution in [0, 0.1) is 0 Å². The summed E-state index contributed by atoms with van der Waals surface area (Å²) in [6.07, 6.45) is -3.52. The number of rotatable bonds is 6. The smallest absolute Gasteiger partial charge is 0.127 e. The van der Waals surface area contributed by atoms with Crippen molar-refractivity contribution < 1.29 is 30.6 Å². The van der Waals surface area contributed by atoms with E-state index in [2.05, 4.69) is 0 Å². The van der Waals surface area contributed by atoms with Gasteiger partial charge in [-0.2, -0.15) is 0 Å². The topological polar surface area (TPSA) is 121 Å². The van der Waals surface area contributed by atoms with Gasteiger partial charge in [-0.05, 0) is 35.1 Å². The Morgan fingerprint density at radius 2 is 1.43 bits per heavy atom. The van der Waals surface area contributed by atoms with E-state index in [9.17, 15) is 25.5 Å². The van der Waals surface area contributed by atoms with Crippen LogP contribution in [0.5, 0.6) is 11.5 Å². The molecular weight excluding hydrogens is 300 g/mol. The summed E-state index contributed by atoms with van der Waals surface area (Å²) in [6, 6.07) is 6.53. The van der Waals surface area contributed by atoms with Gasteiger partial charge in [0.05, 0.1) is 18.1 Å². The van der Waals surface area contributed by atoms with Gasteiger partial charge in [-0.3, -0.25) is 0 Å². The molecule has 0 heterocycles. The molecule has 6 N–H and O–H groups in total. The fourth-order valence-electron chi connectivity index (χ4n) is 2.64. The molecule has 23 heavy (non-hydrogen) atoms. The summed E-state index contributed by atoms with van der Waals surface area (Å²) in [4.78, 5) is 0. The molecule has 2 aromatic rings. The van der Waals surface area contributed by atoms with Gasteiger partial charge >= 0.3 is 0 Å². The minimum absolute atomic E-state index is 0.0142. The molecule has 126 valence electrons. The molecule has 6 nitrogen and oxygen atoms in total. The molecule has 2 rings (SSSR count). The zero-order valence-electron chi connectivity index (χ0n) is 12.8. The lowest BCUT2D eigenvalue weighted by molar-refractivity contribution is -0.0755. The molecule has 0 spiro atoms. The number of aliphatic hydroxyl groups is 4. The second-order valence-corrected chi connectivity index (χ2v) is 5.69. The third kappa shape index (κ3) is 3.73. The zero-order valence-corrected chi connectivity index (χ0v) is 12.8. The maximum Gasteiger partial charge on any atom is 0.127 e. The van der Waals surface area contributed by atoms with Gasteiger partial charge in [-0.25, -0.2) is 0 Å². The second kappa shape index (κ2) is 7.14.